The average Bonchev–Trinajstić information content (AvgIpc) is 2.83. The zero-order valence-corrected chi connectivity index (χ0v) is 19.7. The molecular weight excluding hydrogens is 434 g/mol. The molecule has 4 N–H and O–H groups in total. The number of fused-ring (bicyclic) bond motifs is 1. The summed E-state index contributed by atoms with van der Waals surface area (Å²) in [5.41, 5.74) is 0.163. The maximum atomic E-state index is 12.3. The number of methoxy groups -OCH3 is 1. The predicted octanol–water partition coefficient (Wildman–Crippen LogP) is 3.30. The molecule has 2 aromatic carbocycles. The number of hydrogen-bond donors (Lipinski definition) is 4. The van der Waals surface area contributed by atoms with Crippen LogP contribution in [0.25, 0.3) is 10.8 Å². The zero-order valence-electron chi connectivity index (χ0n) is 19.7. The first kappa shape index (κ1) is 24.8. The molecule has 3 aromatic rings. The largest absolute Gasteiger partial charge is 0.497 e. The van der Waals surface area contributed by atoms with Crippen LogP contribution >= 0.6 is 0 Å². The van der Waals surface area contributed by atoms with Crippen LogP contribution in [0.4, 0.5) is 11.5 Å². The highest BCUT2D eigenvalue weighted by molar-refractivity contribution is 5.91. The Labute approximate surface area is 198 Å². The molecule has 0 spiro atoms. The lowest BCUT2D eigenvalue weighted by molar-refractivity contribution is -0.121. The minimum absolute atomic E-state index is 0.102. The predicted molar refractivity (Wildman–Crippen MR) is 133 cm³/mol. The number of aromatic nitrogens is 2. The molecule has 0 radical (unpaired) electrons. The molecule has 9 heteroatoms. The Bertz CT molecular complexity index is 1210. The summed E-state index contributed by atoms with van der Waals surface area (Å²) in [5.74, 6) is 1.01. The van der Waals surface area contributed by atoms with Gasteiger partial charge in [0, 0.05) is 43.1 Å². The van der Waals surface area contributed by atoms with Crippen LogP contribution in [0.2, 0.25) is 0 Å². The molecule has 9 nitrogen and oxygen atoms in total. The van der Waals surface area contributed by atoms with E-state index < -0.39 is 0 Å². The number of nitrogens with zero attached hydrogens (tertiary/aromatic N) is 1. The third kappa shape index (κ3) is 7.06. The Morgan fingerprint density at radius 1 is 1.00 bits per heavy atom. The van der Waals surface area contributed by atoms with Crippen LogP contribution in [0.5, 0.6) is 5.75 Å². The molecule has 0 aliphatic carbocycles. The van der Waals surface area contributed by atoms with Gasteiger partial charge in [-0.2, -0.15) is 5.10 Å². The van der Waals surface area contributed by atoms with Crippen molar-refractivity contribution in [3.05, 3.63) is 58.9 Å². The third-order valence-electron chi connectivity index (χ3n) is 5.36. The van der Waals surface area contributed by atoms with E-state index in [1.165, 1.54) is 0 Å². The Hall–Kier alpha value is -3.88. The second-order valence-electron chi connectivity index (χ2n) is 8.88. The van der Waals surface area contributed by atoms with Gasteiger partial charge in [-0.25, -0.2) is 5.10 Å². The second kappa shape index (κ2) is 11.3. The average molecular weight is 466 g/mol. The summed E-state index contributed by atoms with van der Waals surface area (Å²) in [5, 5.41) is 17.0. The molecule has 0 aliphatic rings. The molecule has 2 amide bonds. The molecule has 3 rings (SSSR count). The SMILES string of the molecule is COc1cccc(NC(=O)CCCC(=O)NCC(C)(C)CNc2n[nH]c(=O)c3ccccc23)c1. The highest BCUT2D eigenvalue weighted by Crippen LogP contribution is 2.20. The summed E-state index contributed by atoms with van der Waals surface area (Å²) < 4.78 is 5.14. The maximum Gasteiger partial charge on any atom is 0.272 e. The van der Waals surface area contributed by atoms with Gasteiger partial charge in [-0.05, 0) is 30.0 Å². The van der Waals surface area contributed by atoms with Gasteiger partial charge in [-0.15, -0.1) is 0 Å². The fourth-order valence-corrected chi connectivity index (χ4v) is 3.40. The number of anilines is 2. The van der Waals surface area contributed by atoms with Crippen molar-refractivity contribution in [3.63, 3.8) is 0 Å². The van der Waals surface area contributed by atoms with Gasteiger partial charge in [0.2, 0.25) is 11.8 Å². The van der Waals surface area contributed by atoms with Crippen LogP contribution in [-0.2, 0) is 9.59 Å². The number of rotatable bonds is 11. The second-order valence-corrected chi connectivity index (χ2v) is 8.88. The molecule has 0 unspecified atom stereocenters. The molecule has 0 bridgehead atoms. The van der Waals surface area contributed by atoms with Crippen LogP contribution in [0.3, 0.4) is 0 Å². The van der Waals surface area contributed by atoms with E-state index in [0.29, 0.717) is 42.2 Å². The topological polar surface area (TPSA) is 125 Å². The summed E-state index contributed by atoms with van der Waals surface area (Å²) >= 11 is 0. The number of carbonyl (C=O) groups excluding carboxylic acids is 2. The van der Waals surface area contributed by atoms with E-state index >= 15 is 0 Å². The molecule has 0 atom stereocenters. The summed E-state index contributed by atoms with van der Waals surface area (Å²) in [6.07, 6.45) is 0.968. The summed E-state index contributed by atoms with van der Waals surface area (Å²) in [6.45, 7) is 5.04. The van der Waals surface area contributed by atoms with Crippen molar-refractivity contribution in [2.75, 3.05) is 30.8 Å². The van der Waals surface area contributed by atoms with Gasteiger partial charge in [-0.3, -0.25) is 14.4 Å². The fourth-order valence-electron chi connectivity index (χ4n) is 3.40. The molecule has 180 valence electrons. The number of H-pyrrole nitrogens is 1. The molecule has 0 fully saturated rings. The van der Waals surface area contributed by atoms with Crippen molar-refractivity contribution in [2.24, 2.45) is 5.41 Å². The summed E-state index contributed by atoms with van der Waals surface area (Å²) in [4.78, 5) is 36.3. The van der Waals surface area contributed by atoms with Crippen LogP contribution < -0.4 is 26.2 Å². The number of nitrogens with one attached hydrogen (secondary N) is 4. The van der Waals surface area contributed by atoms with Crippen LogP contribution in [0.15, 0.2) is 53.3 Å². The Kier molecular flexibility index (Phi) is 8.24. The quantitative estimate of drug-likeness (QED) is 0.344. The van der Waals surface area contributed by atoms with Gasteiger partial charge in [0.1, 0.15) is 5.75 Å². The van der Waals surface area contributed by atoms with Crippen molar-refractivity contribution in [2.45, 2.75) is 33.1 Å². The van der Waals surface area contributed by atoms with Crippen molar-refractivity contribution in [3.8, 4) is 5.75 Å². The molecule has 0 saturated heterocycles. The molecule has 34 heavy (non-hydrogen) atoms. The standard InChI is InChI=1S/C25H31N5O4/c1-25(2,16-27-23-19-10-4-5-11-20(19)24(33)30-29-23)15-26-21(31)12-7-13-22(32)28-17-8-6-9-18(14-17)34-3/h4-6,8-11,14H,7,12-13,15-16H2,1-3H3,(H,26,31)(H,27,29)(H,28,32)(H,30,33). The normalized spacial score (nSPS) is 11.1. The van der Waals surface area contributed by atoms with Crippen LogP contribution in [-0.4, -0.2) is 42.2 Å². The molecular formula is C25H31N5O4. The fraction of sp³-hybridized carbons (Fsp3) is 0.360. The molecule has 1 aromatic heterocycles. The van der Waals surface area contributed by atoms with Crippen LogP contribution in [0.1, 0.15) is 33.1 Å². The first-order chi connectivity index (χ1) is 16.3. The zero-order chi connectivity index (χ0) is 24.6. The number of aromatic amines is 1. The van der Waals surface area contributed by atoms with E-state index in [4.69, 9.17) is 4.74 Å². The van der Waals surface area contributed by atoms with E-state index in [1.807, 2.05) is 32.0 Å². The molecule has 0 aliphatic heterocycles. The number of ether oxygens (including phenoxy) is 1. The number of amides is 2. The lowest BCUT2D eigenvalue weighted by Gasteiger charge is -2.26. The molecule has 0 saturated carbocycles. The van der Waals surface area contributed by atoms with Gasteiger partial charge in [-0.1, -0.05) is 38.1 Å². The minimum Gasteiger partial charge on any atom is -0.497 e. The van der Waals surface area contributed by atoms with E-state index in [1.54, 1.807) is 37.4 Å². The third-order valence-corrected chi connectivity index (χ3v) is 5.36. The van der Waals surface area contributed by atoms with E-state index in [0.717, 1.165) is 5.39 Å². The Morgan fingerprint density at radius 3 is 2.50 bits per heavy atom. The lowest BCUT2D eigenvalue weighted by atomic mass is 9.93. The van der Waals surface area contributed by atoms with E-state index in [2.05, 4.69) is 26.1 Å². The number of hydrogen-bond acceptors (Lipinski definition) is 6. The van der Waals surface area contributed by atoms with Gasteiger partial charge in [0.15, 0.2) is 5.82 Å². The first-order valence-electron chi connectivity index (χ1n) is 11.2. The summed E-state index contributed by atoms with van der Waals surface area (Å²) in [6, 6.07) is 14.4. The summed E-state index contributed by atoms with van der Waals surface area (Å²) in [7, 11) is 1.57. The van der Waals surface area contributed by atoms with Gasteiger partial charge in [0.05, 0.1) is 12.5 Å². The van der Waals surface area contributed by atoms with E-state index in [9.17, 15) is 14.4 Å². The highest BCUT2D eigenvalue weighted by atomic mass is 16.5. The number of carbonyl (C=O) groups is 2. The van der Waals surface area contributed by atoms with Gasteiger partial charge in [0.25, 0.3) is 5.56 Å². The smallest absolute Gasteiger partial charge is 0.272 e. The van der Waals surface area contributed by atoms with Crippen LogP contribution in [0, 0.1) is 5.41 Å². The monoisotopic (exact) mass is 465 g/mol. The van der Waals surface area contributed by atoms with Crippen molar-refractivity contribution in [1.82, 2.24) is 15.5 Å². The molecule has 1 heterocycles. The van der Waals surface area contributed by atoms with Gasteiger partial charge < -0.3 is 20.7 Å². The minimum atomic E-state index is -0.266. The van der Waals surface area contributed by atoms with E-state index in [-0.39, 0.29) is 35.6 Å². The van der Waals surface area contributed by atoms with Gasteiger partial charge >= 0.3 is 0 Å². The maximum absolute atomic E-state index is 12.3. The van der Waals surface area contributed by atoms with Crippen molar-refractivity contribution >= 4 is 34.1 Å². The Balaban J connectivity index is 1.40. The number of benzene rings is 2. The lowest BCUT2D eigenvalue weighted by Crippen LogP contribution is -2.38. The van der Waals surface area contributed by atoms with Crippen molar-refractivity contribution in [1.29, 1.82) is 0 Å². The Morgan fingerprint density at radius 2 is 1.74 bits per heavy atom. The highest BCUT2D eigenvalue weighted by Gasteiger charge is 2.20. The first-order valence-corrected chi connectivity index (χ1v) is 11.2. The van der Waals surface area contributed by atoms with Crippen molar-refractivity contribution < 1.29 is 14.3 Å².